The van der Waals surface area contributed by atoms with Crippen molar-refractivity contribution < 1.29 is 14.3 Å². The van der Waals surface area contributed by atoms with Crippen LogP contribution in [-0.2, 0) is 4.74 Å². The van der Waals surface area contributed by atoms with E-state index in [1.54, 1.807) is 37.3 Å². The topological polar surface area (TPSA) is 98.3 Å². The van der Waals surface area contributed by atoms with E-state index >= 15 is 0 Å². The summed E-state index contributed by atoms with van der Waals surface area (Å²) < 4.78 is 10.3. The Kier molecular flexibility index (Phi) is 6.73. The summed E-state index contributed by atoms with van der Waals surface area (Å²) >= 11 is 0. The molecule has 0 aliphatic rings. The number of pyridine rings is 1. The monoisotopic (exact) mass is 315 g/mol. The first-order valence-electron chi connectivity index (χ1n) is 7.19. The Morgan fingerprint density at radius 1 is 1.17 bits per heavy atom. The van der Waals surface area contributed by atoms with Crippen LogP contribution in [0.5, 0.6) is 11.5 Å². The fourth-order valence-electron chi connectivity index (χ4n) is 1.83. The fourth-order valence-corrected chi connectivity index (χ4v) is 1.83. The quantitative estimate of drug-likeness (QED) is 0.662. The van der Waals surface area contributed by atoms with E-state index in [0.29, 0.717) is 22.6 Å². The summed E-state index contributed by atoms with van der Waals surface area (Å²) in [6, 6.07) is 8.13. The second-order valence-corrected chi connectivity index (χ2v) is 4.31. The van der Waals surface area contributed by atoms with Gasteiger partial charge in [0.15, 0.2) is 0 Å². The molecule has 1 aromatic carbocycles. The molecule has 0 bridgehead atoms. The molecule has 2 aromatic rings. The van der Waals surface area contributed by atoms with Gasteiger partial charge in [0.05, 0.1) is 18.2 Å². The maximum absolute atomic E-state index is 11.4. The molecule has 0 atom stereocenters. The molecule has 0 amide bonds. The Bertz CT molecular complexity index is 682. The molecule has 0 spiro atoms. The summed E-state index contributed by atoms with van der Waals surface area (Å²) in [5.74, 6) is 0.800. The number of nitrogen functional groups attached to an aromatic ring is 1. The second kappa shape index (κ2) is 8.53. The van der Waals surface area contributed by atoms with Crippen LogP contribution < -0.4 is 10.5 Å². The zero-order valence-electron chi connectivity index (χ0n) is 13.7. The number of nitrogens with two attached hydrogens (primary N) is 1. The van der Waals surface area contributed by atoms with Crippen LogP contribution in [0.4, 0.5) is 5.82 Å². The highest BCUT2D eigenvalue weighted by Gasteiger charge is 2.12. The molecule has 0 unspecified atom stereocenters. The SMILES string of the molecule is CC.COC(=O)c1ccc(Oc2ccnc(N)c2C(C)=N)cc1. The van der Waals surface area contributed by atoms with Crippen molar-refractivity contribution in [3.63, 3.8) is 0 Å². The maximum Gasteiger partial charge on any atom is 0.337 e. The lowest BCUT2D eigenvalue weighted by Crippen LogP contribution is -2.05. The number of carbonyl (C=O) groups excluding carboxylic acids is 1. The molecule has 1 aromatic heterocycles. The number of nitrogens with one attached hydrogen (secondary N) is 1. The van der Waals surface area contributed by atoms with Crippen LogP contribution in [0.2, 0.25) is 0 Å². The summed E-state index contributed by atoms with van der Waals surface area (Å²) in [6.07, 6.45) is 1.51. The van der Waals surface area contributed by atoms with Crippen molar-refractivity contribution in [2.75, 3.05) is 12.8 Å². The van der Waals surface area contributed by atoms with Crippen LogP contribution in [0.15, 0.2) is 36.5 Å². The number of hydrogen-bond donors (Lipinski definition) is 2. The van der Waals surface area contributed by atoms with Crippen molar-refractivity contribution in [2.45, 2.75) is 20.8 Å². The van der Waals surface area contributed by atoms with Crippen molar-refractivity contribution in [1.82, 2.24) is 4.98 Å². The summed E-state index contributed by atoms with van der Waals surface area (Å²) in [5, 5.41) is 7.74. The van der Waals surface area contributed by atoms with Gasteiger partial charge in [0.25, 0.3) is 0 Å². The van der Waals surface area contributed by atoms with Crippen LogP contribution in [0.25, 0.3) is 0 Å². The molecule has 23 heavy (non-hydrogen) atoms. The lowest BCUT2D eigenvalue weighted by Gasteiger charge is -2.12. The number of esters is 1. The van der Waals surface area contributed by atoms with Gasteiger partial charge >= 0.3 is 5.97 Å². The van der Waals surface area contributed by atoms with Gasteiger partial charge in [-0.25, -0.2) is 9.78 Å². The van der Waals surface area contributed by atoms with E-state index < -0.39 is 5.97 Å². The van der Waals surface area contributed by atoms with Crippen molar-refractivity contribution in [1.29, 1.82) is 5.41 Å². The zero-order valence-corrected chi connectivity index (χ0v) is 13.7. The van der Waals surface area contributed by atoms with Crippen LogP contribution in [-0.4, -0.2) is 23.8 Å². The molecule has 2 rings (SSSR count). The van der Waals surface area contributed by atoms with Gasteiger partial charge in [-0.15, -0.1) is 0 Å². The highest BCUT2D eigenvalue weighted by Crippen LogP contribution is 2.28. The fraction of sp³-hybridized carbons (Fsp3) is 0.235. The Balaban J connectivity index is 0.00000127. The molecule has 1 heterocycles. The van der Waals surface area contributed by atoms with Crippen LogP contribution >= 0.6 is 0 Å². The molecule has 0 radical (unpaired) electrons. The highest BCUT2D eigenvalue weighted by atomic mass is 16.5. The number of anilines is 1. The van der Waals surface area contributed by atoms with Crippen molar-refractivity contribution >= 4 is 17.5 Å². The number of aromatic nitrogens is 1. The van der Waals surface area contributed by atoms with Gasteiger partial charge in [0, 0.05) is 11.9 Å². The first-order valence-corrected chi connectivity index (χ1v) is 7.19. The first-order chi connectivity index (χ1) is 11.0. The molecule has 0 aliphatic heterocycles. The molecule has 0 aliphatic carbocycles. The zero-order chi connectivity index (χ0) is 17.4. The van der Waals surface area contributed by atoms with Crippen molar-refractivity contribution in [2.24, 2.45) is 0 Å². The third kappa shape index (κ3) is 4.54. The largest absolute Gasteiger partial charge is 0.465 e. The number of nitrogens with zero attached hydrogens (tertiary/aromatic N) is 1. The molecule has 0 fully saturated rings. The molecule has 0 saturated carbocycles. The molecule has 0 saturated heterocycles. The molecule has 3 N–H and O–H groups in total. The molecular formula is C17H21N3O3. The number of hydrogen-bond acceptors (Lipinski definition) is 6. The van der Waals surface area contributed by atoms with E-state index in [9.17, 15) is 4.79 Å². The standard InChI is InChI=1S/C15H15N3O3.C2H6/c1-9(16)13-12(7-8-18-14(13)17)21-11-5-3-10(4-6-11)15(19)20-2;1-2/h3-8,16H,1-2H3,(H2,17,18);1-2H3. The van der Waals surface area contributed by atoms with Gasteiger partial charge in [0.2, 0.25) is 0 Å². The second-order valence-electron chi connectivity index (χ2n) is 4.31. The molecular weight excluding hydrogens is 294 g/mol. The lowest BCUT2D eigenvalue weighted by molar-refractivity contribution is 0.0600. The third-order valence-electron chi connectivity index (χ3n) is 2.82. The Labute approximate surface area is 135 Å². The average molecular weight is 315 g/mol. The van der Waals surface area contributed by atoms with E-state index in [1.807, 2.05) is 13.8 Å². The number of benzene rings is 1. The van der Waals surface area contributed by atoms with E-state index in [4.69, 9.17) is 15.9 Å². The van der Waals surface area contributed by atoms with Gasteiger partial charge < -0.3 is 20.6 Å². The number of ether oxygens (including phenoxy) is 2. The lowest BCUT2D eigenvalue weighted by atomic mass is 10.1. The van der Waals surface area contributed by atoms with E-state index in [-0.39, 0.29) is 11.5 Å². The molecule has 122 valence electrons. The number of rotatable bonds is 4. The van der Waals surface area contributed by atoms with Gasteiger partial charge in [-0.05, 0) is 37.3 Å². The minimum atomic E-state index is -0.411. The van der Waals surface area contributed by atoms with E-state index in [0.717, 1.165) is 0 Å². The van der Waals surface area contributed by atoms with Crippen molar-refractivity contribution in [3.05, 3.63) is 47.7 Å². The summed E-state index contributed by atoms with van der Waals surface area (Å²) in [7, 11) is 1.33. The summed E-state index contributed by atoms with van der Waals surface area (Å²) in [5.41, 5.74) is 6.92. The van der Waals surface area contributed by atoms with Gasteiger partial charge in [-0.1, -0.05) is 13.8 Å². The number of methoxy groups -OCH3 is 1. The predicted octanol–water partition coefficient (Wildman–Crippen LogP) is 3.66. The van der Waals surface area contributed by atoms with Crippen LogP contribution in [0.3, 0.4) is 0 Å². The van der Waals surface area contributed by atoms with E-state index in [1.165, 1.54) is 13.3 Å². The number of carbonyl (C=O) groups is 1. The van der Waals surface area contributed by atoms with Gasteiger partial charge in [0.1, 0.15) is 17.3 Å². The Hall–Kier alpha value is -2.89. The third-order valence-corrected chi connectivity index (χ3v) is 2.82. The van der Waals surface area contributed by atoms with Gasteiger partial charge in [-0.3, -0.25) is 0 Å². The average Bonchev–Trinajstić information content (AvgIpc) is 2.56. The van der Waals surface area contributed by atoms with E-state index in [2.05, 4.69) is 9.72 Å². The minimum Gasteiger partial charge on any atom is -0.465 e. The van der Waals surface area contributed by atoms with Crippen LogP contribution in [0, 0.1) is 5.41 Å². The van der Waals surface area contributed by atoms with Crippen molar-refractivity contribution in [3.8, 4) is 11.5 Å². The smallest absolute Gasteiger partial charge is 0.337 e. The molecule has 6 heteroatoms. The van der Waals surface area contributed by atoms with Crippen LogP contribution in [0.1, 0.15) is 36.7 Å². The maximum atomic E-state index is 11.4. The predicted molar refractivity (Wildman–Crippen MR) is 90.4 cm³/mol. The highest BCUT2D eigenvalue weighted by molar-refractivity contribution is 6.02. The summed E-state index contributed by atoms with van der Waals surface area (Å²) in [6.45, 7) is 5.61. The first kappa shape index (κ1) is 18.2. The Morgan fingerprint density at radius 3 is 2.30 bits per heavy atom. The van der Waals surface area contributed by atoms with Gasteiger partial charge in [-0.2, -0.15) is 0 Å². The molecule has 6 nitrogen and oxygen atoms in total. The summed E-state index contributed by atoms with van der Waals surface area (Å²) in [4.78, 5) is 15.3. The normalized spacial score (nSPS) is 9.39. The Morgan fingerprint density at radius 2 is 1.78 bits per heavy atom. The minimum absolute atomic E-state index is 0.242.